The molecular formula is C16H21N3O2S. The monoisotopic (exact) mass is 319 g/mol. The smallest absolute Gasteiger partial charge is 0.233 e. The maximum Gasteiger partial charge on any atom is 0.233 e. The normalized spacial score (nSPS) is 12.0. The van der Waals surface area contributed by atoms with Gasteiger partial charge in [-0.25, -0.2) is 4.98 Å². The van der Waals surface area contributed by atoms with Gasteiger partial charge in [-0.05, 0) is 25.5 Å². The highest BCUT2D eigenvalue weighted by Crippen LogP contribution is 2.26. The number of carbonyl (C=O) groups is 1. The number of aromatic nitrogens is 2. The van der Waals surface area contributed by atoms with Crippen molar-refractivity contribution in [3.63, 3.8) is 0 Å². The number of nitrogens with zero attached hydrogens (tertiary/aromatic N) is 2. The number of nitrogens with one attached hydrogen (secondary N) is 1. The molecule has 1 unspecified atom stereocenters. The van der Waals surface area contributed by atoms with Crippen LogP contribution < -0.4 is 10.1 Å². The first-order chi connectivity index (χ1) is 10.7. The predicted molar refractivity (Wildman–Crippen MR) is 88.7 cm³/mol. The molecule has 0 spiro atoms. The van der Waals surface area contributed by atoms with Gasteiger partial charge < -0.3 is 10.1 Å². The van der Waals surface area contributed by atoms with E-state index in [1.807, 2.05) is 48.9 Å². The van der Waals surface area contributed by atoms with Crippen molar-refractivity contribution in [2.24, 2.45) is 0 Å². The van der Waals surface area contributed by atoms with Crippen LogP contribution in [0.2, 0.25) is 0 Å². The average Bonchev–Trinajstić information content (AvgIpc) is 3.00. The number of rotatable bonds is 7. The number of carbonyl (C=O) groups excluding carboxylic acids is 1. The molecule has 0 bridgehead atoms. The van der Waals surface area contributed by atoms with Crippen LogP contribution in [0.4, 0.5) is 0 Å². The summed E-state index contributed by atoms with van der Waals surface area (Å²) in [6, 6.07) is 7.75. The fourth-order valence-corrected chi connectivity index (χ4v) is 2.85. The summed E-state index contributed by atoms with van der Waals surface area (Å²) in [6.07, 6.45) is 4.55. The predicted octanol–water partition coefficient (Wildman–Crippen LogP) is 2.89. The van der Waals surface area contributed by atoms with E-state index in [0.29, 0.717) is 6.54 Å². The minimum Gasteiger partial charge on any atom is -0.497 e. The van der Waals surface area contributed by atoms with Gasteiger partial charge in [0.2, 0.25) is 5.91 Å². The maximum atomic E-state index is 12.0. The Bertz CT molecular complexity index is 627. The van der Waals surface area contributed by atoms with E-state index in [1.165, 1.54) is 11.8 Å². The Balaban J connectivity index is 2.13. The Labute approximate surface area is 135 Å². The van der Waals surface area contributed by atoms with Gasteiger partial charge in [0.15, 0.2) is 5.16 Å². The highest BCUT2D eigenvalue weighted by atomic mass is 32.2. The largest absolute Gasteiger partial charge is 0.497 e. The number of hydrogen-bond acceptors (Lipinski definition) is 4. The molecule has 2 aromatic rings. The number of ether oxygens (including phenoxy) is 1. The molecule has 22 heavy (non-hydrogen) atoms. The standard InChI is InChI=1S/C16H21N3O2S/c1-4-8-17-15(20)12(2)22-16-18-9-10-19(16)13-6-5-7-14(11-13)21-3/h5-7,9-12H,4,8H2,1-3H3,(H,17,20). The third kappa shape index (κ3) is 4.04. The Hall–Kier alpha value is -1.95. The molecule has 0 fully saturated rings. The number of amides is 1. The van der Waals surface area contributed by atoms with E-state index in [2.05, 4.69) is 10.3 Å². The highest BCUT2D eigenvalue weighted by molar-refractivity contribution is 8.00. The third-order valence-corrected chi connectivity index (χ3v) is 4.22. The lowest BCUT2D eigenvalue weighted by Crippen LogP contribution is -2.31. The quantitative estimate of drug-likeness (QED) is 0.797. The van der Waals surface area contributed by atoms with Gasteiger partial charge >= 0.3 is 0 Å². The van der Waals surface area contributed by atoms with E-state index in [0.717, 1.165) is 23.0 Å². The van der Waals surface area contributed by atoms with Crippen LogP contribution in [-0.2, 0) is 4.79 Å². The van der Waals surface area contributed by atoms with E-state index in [-0.39, 0.29) is 11.2 Å². The van der Waals surface area contributed by atoms with Crippen molar-refractivity contribution in [2.45, 2.75) is 30.7 Å². The van der Waals surface area contributed by atoms with Crippen LogP contribution in [0.5, 0.6) is 5.75 Å². The summed E-state index contributed by atoms with van der Waals surface area (Å²) >= 11 is 1.44. The molecule has 1 aromatic carbocycles. The molecule has 0 saturated heterocycles. The summed E-state index contributed by atoms with van der Waals surface area (Å²) in [5, 5.41) is 3.49. The lowest BCUT2D eigenvalue weighted by atomic mass is 10.3. The second-order valence-electron chi connectivity index (χ2n) is 4.83. The van der Waals surface area contributed by atoms with E-state index in [9.17, 15) is 4.79 Å². The van der Waals surface area contributed by atoms with Crippen molar-refractivity contribution in [1.29, 1.82) is 0 Å². The molecule has 1 aromatic heterocycles. The molecule has 1 heterocycles. The number of benzene rings is 1. The zero-order chi connectivity index (χ0) is 15.9. The Kier molecular flexibility index (Phi) is 5.89. The van der Waals surface area contributed by atoms with Gasteiger partial charge in [-0.15, -0.1) is 0 Å². The molecular weight excluding hydrogens is 298 g/mol. The Morgan fingerprint density at radius 1 is 1.50 bits per heavy atom. The van der Waals surface area contributed by atoms with Crippen molar-refractivity contribution < 1.29 is 9.53 Å². The minimum atomic E-state index is -0.196. The first-order valence-electron chi connectivity index (χ1n) is 7.27. The van der Waals surface area contributed by atoms with E-state index < -0.39 is 0 Å². The Morgan fingerprint density at radius 3 is 3.05 bits per heavy atom. The summed E-state index contributed by atoms with van der Waals surface area (Å²) in [5.74, 6) is 0.822. The van der Waals surface area contributed by atoms with Crippen LogP contribution in [0.25, 0.3) is 5.69 Å². The SMILES string of the molecule is CCCNC(=O)C(C)Sc1nccn1-c1cccc(OC)c1. The van der Waals surface area contributed by atoms with E-state index in [4.69, 9.17) is 4.74 Å². The third-order valence-electron chi connectivity index (χ3n) is 3.14. The molecule has 5 nitrogen and oxygen atoms in total. The van der Waals surface area contributed by atoms with Crippen LogP contribution in [0.3, 0.4) is 0 Å². The topological polar surface area (TPSA) is 56.2 Å². The first-order valence-corrected chi connectivity index (χ1v) is 8.15. The number of methoxy groups -OCH3 is 1. The number of hydrogen-bond donors (Lipinski definition) is 1. The van der Waals surface area contributed by atoms with Gasteiger partial charge in [-0.3, -0.25) is 9.36 Å². The summed E-state index contributed by atoms with van der Waals surface area (Å²) < 4.78 is 7.21. The molecule has 0 aliphatic carbocycles. The molecule has 1 atom stereocenters. The molecule has 118 valence electrons. The van der Waals surface area contributed by atoms with Crippen molar-refractivity contribution in [3.8, 4) is 11.4 Å². The molecule has 0 radical (unpaired) electrons. The van der Waals surface area contributed by atoms with E-state index in [1.54, 1.807) is 13.3 Å². The molecule has 0 aliphatic heterocycles. The van der Waals surface area contributed by atoms with Crippen LogP contribution in [0.1, 0.15) is 20.3 Å². The van der Waals surface area contributed by atoms with Crippen molar-refractivity contribution in [3.05, 3.63) is 36.7 Å². The van der Waals surface area contributed by atoms with Gasteiger partial charge in [-0.2, -0.15) is 0 Å². The van der Waals surface area contributed by atoms with Crippen LogP contribution in [0, 0.1) is 0 Å². The fraction of sp³-hybridized carbons (Fsp3) is 0.375. The number of thioether (sulfide) groups is 1. The molecule has 1 amide bonds. The highest BCUT2D eigenvalue weighted by Gasteiger charge is 2.17. The van der Waals surface area contributed by atoms with Crippen LogP contribution in [0.15, 0.2) is 41.8 Å². The van der Waals surface area contributed by atoms with Crippen molar-refractivity contribution in [1.82, 2.24) is 14.9 Å². The summed E-state index contributed by atoms with van der Waals surface area (Å²) in [7, 11) is 1.64. The minimum absolute atomic E-state index is 0.0343. The maximum absolute atomic E-state index is 12.0. The molecule has 2 rings (SSSR count). The lowest BCUT2D eigenvalue weighted by Gasteiger charge is -2.13. The number of imidazole rings is 1. The molecule has 1 N–H and O–H groups in total. The molecule has 0 aliphatic rings. The average molecular weight is 319 g/mol. The van der Waals surface area contributed by atoms with Crippen molar-refractivity contribution in [2.75, 3.05) is 13.7 Å². The van der Waals surface area contributed by atoms with Crippen LogP contribution >= 0.6 is 11.8 Å². The fourth-order valence-electron chi connectivity index (χ4n) is 1.94. The van der Waals surface area contributed by atoms with Gasteiger partial charge in [0, 0.05) is 25.0 Å². The second-order valence-corrected chi connectivity index (χ2v) is 6.14. The summed E-state index contributed by atoms with van der Waals surface area (Å²) in [4.78, 5) is 16.3. The van der Waals surface area contributed by atoms with E-state index >= 15 is 0 Å². The Morgan fingerprint density at radius 2 is 2.32 bits per heavy atom. The van der Waals surface area contributed by atoms with Gasteiger partial charge in [-0.1, -0.05) is 24.8 Å². The van der Waals surface area contributed by atoms with Gasteiger partial charge in [0.1, 0.15) is 5.75 Å². The van der Waals surface area contributed by atoms with Gasteiger partial charge in [0.25, 0.3) is 0 Å². The van der Waals surface area contributed by atoms with Gasteiger partial charge in [0.05, 0.1) is 18.0 Å². The molecule has 0 saturated carbocycles. The van der Waals surface area contributed by atoms with Crippen molar-refractivity contribution >= 4 is 17.7 Å². The lowest BCUT2D eigenvalue weighted by molar-refractivity contribution is -0.120. The zero-order valence-corrected chi connectivity index (χ0v) is 13.9. The summed E-state index contributed by atoms with van der Waals surface area (Å²) in [5.41, 5.74) is 0.959. The second kappa shape index (κ2) is 7.89. The van der Waals surface area contributed by atoms with Crippen LogP contribution in [-0.4, -0.2) is 34.4 Å². The summed E-state index contributed by atoms with van der Waals surface area (Å²) in [6.45, 7) is 4.63. The molecule has 6 heteroatoms. The zero-order valence-electron chi connectivity index (χ0n) is 13.1. The first kappa shape index (κ1) is 16.4.